The highest BCUT2D eigenvalue weighted by Crippen LogP contribution is 2.28. The van der Waals surface area contributed by atoms with Crippen LogP contribution in [-0.4, -0.2) is 39.0 Å². The maximum Gasteiger partial charge on any atom is 0.411 e. The summed E-state index contributed by atoms with van der Waals surface area (Å²) in [6.07, 6.45) is 3.75. The summed E-state index contributed by atoms with van der Waals surface area (Å²) in [7, 11) is 0. The number of fused-ring (bicyclic) bond motifs is 2. The maximum absolute atomic E-state index is 13.6. The number of nitrogens with zero attached hydrogens (tertiary/aromatic N) is 2. The molecular weight excluding hydrogens is 500 g/mol. The van der Waals surface area contributed by atoms with Crippen LogP contribution in [0.25, 0.3) is 21.7 Å². The van der Waals surface area contributed by atoms with Gasteiger partial charge < -0.3 is 15.0 Å². The lowest BCUT2D eigenvalue weighted by Crippen LogP contribution is -2.44. The van der Waals surface area contributed by atoms with E-state index >= 15 is 0 Å². The van der Waals surface area contributed by atoms with E-state index in [1.807, 2.05) is 106 Å². The lowest BCUT2D eigenvalue weighted by Gasteiger charge is -2.28. The predicted molar refractivity (Wildman–Crippen MR) is 158 cm³/mol. The molecule has 0 saturated heterocycles. The van der Waals surface area contributed by atoms with Gasteiger partial charge in [0, 0.05) is 41.6 Å². The van der Waals surface area contributed by atoms with Crippen molar-refractivity contribution >= 4 is 33.7 Å². The first-order valence-corrected chi connectivity index (χ1v) is 13.5. The molecule has 0 aliphatic rings. The Morgan fingerprint density at radius 1 is 0.925 bits per heavy atom. The number of H-pyrrole nitrogens is 1. The lowest BCUT2D eigenvalue weighted by atomic mass is 9.98. The summed E-state index contributed by atoms with van der Waals surface area (Å²) in [4.78, 5) is 36.3. The van der Waals surface area contributed by atoms with Crippen LogP contribution >= 0.6 is 0 Å². The van der Waals surface area contributed by atoms with Gasteiger partial charge >= 0.3 is 6.09 Å². The van der Waals surface area contributed by atoms with Crippen molar-refractivity contribution in [1.29, 1.82) is 0 Å². The summed E-state index contributed by atoms with van der Waals surface area (Å²) in [6, 6.07) is 27.3. The van der Waals surface area contributed by atoms with E-state index in [9.17, 15) is 9.59 Å². The third-order valence-electron chi connectivity index (χ3n) is 6.67. The second-order valence-corrected chi connectivity index (χ2v) is 10.9. The molecule has 5 rings (SSSR count). The molecule has 7 heteroatoms. The number of benzene rings is 3. The Kier molecular flexibility index (Phi) is 7.82. The molecule has 0 bridgehead atoms. The number of aromatic nitrogens is 2. The zero-order valence-corrected chi connectivity index (χ0v) is 23.1. The van der Waals surface area contributed by atoms with E-state index in [4.69, 9.17) is 9.72 Å². The van der Waals surface area contributed by atoms with Crippen molar-refractivity contribution in [3.05, 3.63) is 114 Å². The number of hydrogen-bond donors (Lipinski definition) is 2. The molecule has 2 N–H and O–H groups in total. The molecular formula is C33H34N4O3. The van der Waals surface area contributed by atoms with E-state index in [2.05, 4.69) is 16.4 Å². The molecule has 1 atom stereocenters. The van der Waals surface area contributed by atoms with Gasteiger partial charge in [0.15, 0.2) is 0 Å². The molecule has 7 nitrogen and oxygen atoms in total. The van der Waals surface area contributed by atoms with E-state index in [0.29, 0.717) is 6.42 Å². The Morgan fingerprint density at radius 2 is 1.62 bits per heavy atom. The minimum atomic E-state index is -0.687. The number of rotatable bonds is 8. The molecule has 3 aromatic carbocycles. The summed E-state index contributed by atoms with van der Waals surface area (Å²) in [5.74, 6) is -0.290. The molecule has 0 saturated carbocycles. The van der Waals surface area contributed by atoms with Gasteiger partial charge in [-0.15, -0.1) is 0 Å². The third kappa shape index (κ3) is 6.49. The summed E-state index contributed by atoms with van der Waals surface area (Å²) >= 11 is 0. The topological polar surface area (TPSA) is 87.3 Å². The number of hydrogen-bond acceptors (Lipinski definition) is 4. The zero-order valence-electron chi connectivity index (χ0n) is 23.1. The molecule has 0 aliphatic carbocycles. The van der Waals surface area contributed by atoms with Crippen LogP contribution < -0.4 is 5.32 Å². The molecule has 40 heavy (non-hydrogen) atoms. The summed E-state index contributed by atoms with van der Waals surface area (Å²) in [5, 5.41) is 6.32. The van der Waals surface area contributed by atoms with Crippen LogP contribution in [0.2, 0.25) is 0 Å². The smallest absolute Gasteiger partial charge is 0.411 e. The molecule has 2 amide bonds. The van der Waals surface area contributed by atoms with E-state index in [-0.39, 0.29) is 19.0 Å². The normalized spacial score (nSPS) is 12.3. The minimum absolute atomic E-state index is 0.154. The number of aromatic amines is 1. The number of nitrogens with one attached hydrogen (secondary N) is 2. The van der Waals surface area contributed by atoms with E-state index < -0.39 is 17.7 Å². The van der Waals surface area contributed by atoms with Gasteiger partial charge in [0.1, 0.15) is 12.1 Å². The molecule has 0 aliphatic heterocycles. The second kappa shape index (κ2) is 11.6. The van der Waals surface area contributed by atoms with Gasteiger partial charge in [0.2, 0.25) is 5.91 Å². The molecule has 1 unspecified atom stereocenters. The zero-order chi connectivity index (χ0) is 28.1. The van der Waals surface area contributed by atoms with Crippen molar-refractivity contribution in [1.82, 2.24) is 20.2 Å². The number of carbonyl (C=O) groups excluding carboxylic acids is 2. The van der Waals surface area contributed by atoms with Crippen molar-refractivity contribution < 1.29 is 14.3 Å². The highest BCUT2D eigenvalue weighted by molar-refractivity contribution is 5.87. The van der Waals surface area contributed by atoms with Gasteiger partial charge in [-0.3, -0.25) is 14.7 Å². The van der Waals surface area contributed by atoms with Crippen molar-refractivity contribution in [2.75, 3.05) is 6.54 Å². The number of pyridine rings is 1. The SMILES string of the molecule is CC(C)(C)OC(=O)N(CC(=O)NC(Cc1c[nH]c2ccccc12)c1nccc2ccccc12)Cc1ccccc1. The average Bonchev–Trinajstić information content (AvgIpc) is 3.34. The molecule has 2 heterocycles. The van der Waals surface area contributed by atoms with E-state index in [1.54, 1.807) is 6.20 Å². The molecule has 204 valence electrons. The number of para-hydroxylation sites is 1. The van der Waals surface area contributed by atoms with Crippen LogP contribution in [0, 0.1) is 0 Å². The monoisotopic (exact) mass is 534 g/mol. The van der Waals surface area contributed by atoms with Gasteiger partial charge in [0.25, 0.3) is 0 Å². The van der Waals surface area contributed by atoms with Crippen molar-refractivity contribution in [3.8, 4) is 0 Å². The van der Waals surface area contributed by atoms with Crippen LogP contribution in [0.3, 0.4) is 0 Å². The number of carbonyl (C=O) groups is 2. The van der Waals surface area contributed by atoms with Gasteiger partial charge in [-0.05, 0) is 49.4 Å². The summed E-state index contributed by atoms with van der Waals surface area (Å²) in [5.41, 5.74) is 3.11. The Labute approximate surface area is 234 Å². The standard InChI is InChI=1S/C33H34N4O3/c1-33(2,3)40-32(39)37(21-23-11-5-4-6-12-23)22-30(38)36-29(19-25-20-35-28-16-10-9-14-26(25)28)31-27-15-8-7-13-24(27)17-18-34-31/h4-18,20,29,35H,19,21-22H2,1-3H3,(H,36,38). The first-order valence-electron chi connectivity index (χ1n) is 13.5. The number of ether oxygens (including phenoxy) is 1. The molecule has 0 spiro atoms. The van der Waals surface area contributed by atoms with Crippen LogP contribution in [0.15, 0.2) is 97.3 Å². The van der Waals surface area contributed by atoms with Crippen LogP contribution in [0.1, 0.15) is 43.6 Å². The van der Waals surface area contributed by atoms with E-state index in [1.165, 1.54) is 4.90 Å². The largest absolute Gasteiger partial charge is 0.444 e. The summed E-state index contributed by atoms with van der Waals surface area (Å²) < 4.78 is 5.64. The van der Waals surface area contributed by atoms with Crippen molar-refractivity contribution in [3.63, 3.8) is 0 Å². The van der Waals surface area contributed by atoms with Gasteiger partial charge in [-0.25, -0.2) is 4.79 Å². The van der Waals surface area contributed by atoms with Crippen LogP contribution in [-0.2, 0) is 22.5 Å². The first-order chi connectivity index (χ1) is 19.3. The number of amides is 2. The Balaban J connectivity index is 1.44. The van der Waals surface area contributed by atoms with Crippen molar-refractivity contribution in [2.24, 2.45) is 0 Å². The van der Waals surface area contributed by atoms with Gasteiger partial charge in [-0.2, -0.15) is 0 Å². The molecule has 0 radical (unpaired) electrons. The van der Waals surface area contributed by atoms with Crippen LogP contribution in [0.4, 0.5) is 4.79 Å². The Morgan fingerprint density at radius 3 is 2.40 bits per heavy atom. The first kappa shape index (κ1) is 26.9. The summed E-state index contributed by atoms with van der Waals surface area (Å²) in [6.45, 7) is 5.54. The predicted octanol–water partition coefficient (Wildman–Crippen LogP) is 6.55. The Hall–Kier alpha value is -4.65. The second-order valence-electron chi connectivity index (χ2n) is 10.9. The third-order valence-corrected chi connectivity index (χ3v) is 6.67. The van der Waals surface area contributed by atoms with Gasteiger partial charge in [0.05, 0.1) is 11.7 Å². The van der Waals surface area contributed by atoms with E-state index in [0.717, 1.165) is 38.5 Å². The maximum atomic E-state index is 13.6. The lowest BCUT2D eigenvalue weighted by molar-refractivity contribution is -0.123. The molecule has 0 fully saturated rings. The molecule has 2 aromatic heterocycles. The highest BCUT2D eigenvalue weighted by atomic mass is 16.6. The average molecular weight is 535 g/mol. The fourth-order valence-corrected chi connectivity index (χ4v) is 4.89. The highest BCUT2D eigenvalue weighted by Gasteiger charge is 2.26. The van der Waals surface area contributed by atoms with Crippen LogP contribution in [0.5, 0.6) is 0 Å². The van der Waals surface area contributed by atoms with Gasteiger partial charge in [-0.1, -0.05) is 72.8 Å². The minimum Gasteiger partial charge on any atom is -0.444 e. The Bertz CT molecular complexity index is 1620. The fourth-order valence-electron chi connectivity index (χ4n) is 4.89. The fraction of sp³-hybridized carbons (Fsp3) is 0.242. The molecule has 5 aromatic rings. The quantitative estimate of drug-likeness (QED) is 0.236. The van der Waals surface area contributed by atoms with Crippen molar-refractivity contribution in [2.45, 2.75) is 45.4 Å².